The fraction of sp³-hybridized carbons (Fsp3) is 0.0556. The lowest BCUT2D eigenvalue weighted by molar-refractivity contribution is -0.139. The number of ether oxygens (including phenoxy) is 1. The van der Waals surface area contributed by atoms with Crippen molar-refractivity contribution in [1.82, 2.24) is 0 Å². The third-order valence-electron chi connectivity index (χ3n) is 3.14. The van der Waals surface area contributed by atoms with Crippen LogP contribution in [0.2, 0.25) is 0 Å². The van der Waals surface area contributed by atoms with Crippen LogP contribution in [0.25, 0.3) is 6.08 Å². The van der Waals surface area contributed by atoms with Gasteiger partial charge in [-0.1, -0.05) is 0 Å². The van der Waals surface area contributed by atoms with Gasteiger partial charge in [-0.2, -0.15) is 5.26 Å². The van der Waals surface area contributed by atoms with Crippen molar-refractivity contribution in [3.8, 4) is 11.8 Å². The van der Waals surface area contributed by atoms with E-state index in [1.165, 1.54) is 30.3 Å². The first kappa shape index (κ1) is 21.1. The summed E-state index contributed by atoms with van der Waals surface area (Å²) in [7, 11) is 0. The molecule has 2 N–H and O–H groups in total. The second kappa shape index (κ2) is 9.65. The first-order valence-electron chi connectivity index (χ1n) is 7.32. The average molecular weight is 592 g/mol. The highest BCUT2D eigenvalue weighted by Gasteiger charge is 2.13. The monoisotopic (exact) mass is 592 g/mol. The number of hydrogen-bond acceptors (Lipinski definition) is 4. The van der Waals surface area contributed by atoms with Gasteiger partial charge in [0.25, 0.3) is 5.91 Å². The van der Waals surface area contributed by atoms with Crippen LogP contribution in [-0.2, 0) is 9.59 Å². The zero-order chi connectivity index (χ0) is 20.0. The van der Waals surface area contributed by atoms with Gasteiger partial charge < -0.3 is 15.2 Å². The van der Waals surface area contributed by atoms with Crippen LogP contribution in [0.3, 0.4) is 0 Å². The number of aliphatic carboxylic acids is 1. The molecule has 9 heteroatoms. The predicted molar refractivity (Wildman–Crippen MR) is 114 cm³/mol. The number of hydrogen-bond donors (Lipinski definition) is 2. The lowest BCUT2D eigenvalue weighted by Gasteiger charge is -2.10. The van der Waals surface area contributed by atoms with Gasteiger partial charge in [0, 0.05) is 5.69 Å². The van der Waals surface area contributed by atoms with Gasteiger partial charge in [-0.25, -0.2) is 9.18 Å². The average Bonchev–Trinajstić information content (AvgIpc) is 2.60. The Morgan fingerprint density at radius 2 is 1.81 bits per heavy atom. The number of nitrogens with one attached hydrogen (secondary N) is 1. The van der Waals surface area contributed by atoms with Gasteiger partial charge in [-0.3, -0.25) is 4.79 Å². The Kier molecular flexibility index (Phi) is 7.55. The van der Waals surface area contributed by atoms with Crippen molar-refractivity contribution in [2.45, 2.75) is 0 Å². The number of carboxylic acids is 1. The number of nitrogens with zero attached hydrogens (tertiary/aromatic N) is 1. The Balaban J connectivity index is 2.23. The Morgan fingerprint density at radius 1 is 1.22 bits per heavy atom. The van der Waals surface area contributed by atoms with Crippen LogP contribution in [0.15, 0.2) is 42.0 Å². The summed E-state index contributed by atoms with van der Waals surface area (Å²) < 4.78 is 19.4. The summed E-state index contributed by atoms with van der Waals surface area (Å²) in [6.45, 7) is -0.468. The van der Waals surface area contributed by atoms with Crippen LogP contribution in [0.4, 0.5) is 10.1 Å². The molecular formula is C18H11FI2N2O4. The zero-order valence-corrected chi connectivity index (χ0v) is 17.8. The summed E-state index contributed by atoms with van der Waals surface area (Å²) in [5.74, 6) is -1.72. The van der Waals surface area contributed by atoms with E-state index in [1.807, 2.05) is 51.3 Å². The van der Waals surface area contributed by atoms with E-state index in [2.05, 4.69) is 5.32 Å². The fourth-order valence-corrected chi connectivity index (χ4v) is 4.11. The third-order valence-corrected chi connectivity index (χ3v) is 4.74. The number of carboxylic acid groups (broad SMARTS) is 1. The molecule has 0 spiro atoms. The number of carbonyl (C=O) groups is 2. The van der Waals surface area contributed by atoms with E-state index in [0.29, 0.717) is 24.1 Å². The lowest BCUT2D eigenvalue weighted by Crippen LogP contribution is -2.13. The van der Waals surface area contributed by atoms with E-state index >= 15 is 0 Å². The zero-order valence-electron chi connectivity index (χ0n) is 13.5. The summed E-state index contributed by atoms with van der Waals surface area (Å²) in [6.07, 6.45) is 1.41. The molecule has 27 heavy (non-hydrogen) atoms. The van der Waals surface area contributed by atoms with Crippen molar-refractivity contribution < 1.29 is 23.8 Å². The molecule has 0 aliphatic heterocycles. The molecule has 0 saturated carbocycles. The normalized spacial score (nSPS) is 10.8. The largest absolute Gasteiger partial charge is 0.480 e. The first-order valence-corrected chi connectivity index (χ1v) is 9.48. The highest BCUT2D eigenvalue weighted by Crippen LogP contribution is 2.30. The molecule has 0 aliphatic rings. The van der Waals surface area contributed by atoms with Gasteiger partial charge >= 0.3 is 5.97 Å². The maximum Gasteiger partial charge on any atom is 0.341 e. The Morgan fingerprint density at radius 3 is 2.33 bits per heavy atom. The van der Waals surface area contributed by atoms with Crippen LogP contribution in [0.5, 0.6) is 5.75 Å². The summed E-state index contributed by atoms with van der Waals surface area (Å²) in [5, 5.41) is 20.5. The number of anilines is 1. The van der Waals surface area contributed by atoms with E-state index in [9.17, 15) is 19.2 Å². The molecule has 6 nitrogen and oxygen atoms in total. The molecule has 0 fully saturated rings. The van der Waals surface area contributed by atoms with E-state index in [0.717, 1.165) is 0 Å². The van der Waals surface area contributed by atoms with Crippen molar-refractivity contribution in [3.05, 3.63) is 60.5 Å². The summed E-state index contributed by atoms with van der Waals surface area (Å²) >= 11 is 3.97. The Bertz CT molecular complexity index is 930. The van der Waals surface area contributed by atoms with Crippen molar-refractivity contribution >= 4 is 68.8 Å². The number of halogens is 3. The molecule has 0 aliphatic carbocycles. The molecule has 1 amide bonds. The Labute approximate surface area is 181 Å². The van der Waals surface area contributed by atoms with Gasteiger partial charge in [0.1, 0.15) is 23.2 Å². The third kappa shape index (κ3) is 6.17. The molecule has 2 aromatic rings. The SMILES string of the molecule is N#C/C(=C/c1cc(I)c(OCC(=O)O)c(I)c1)C(=O)Nc1ccc(F)cc1. The van der Waals surface area contributed by atoms with E-state index in [4.69, 9.17) is 9.84 Å². The van der Waals surface area contributed by atoms with Gasteiger partial charge in [-0.05, 0) is 93.2 Å². The minimum Gasteiger partial charge on any atom is -0.480 e. The van der Waals surface area contributed by atoms with Crippen molar-refractivity contribution in [2.75, 3.05) is 11.9 Å². The molecule has 138 valence electrons. The number of rotatable bonds is 6. The van der Waals surface area contributed by atoms with Gasteiger partial charge in [0.15, 0.2) is 6.61 Å². The van der Waals surface area contributed by atoms with E-state index in [1.54, 1.807) is 12.1 Å². The second-order valence-electron chi connectivity index (χ2n) is 5.13. The second-order valence-corrected chi connectivity index (χ2v) is 7.45. The maximum absolute atomic E-state index is 12.9. The summed E-state index contributed by atoms with van der Waals surface area (Å²) in [6, 6.07) is 10.4. The standard InChI is InChI=1S/C18H11FI2N2O4/c19-12-1-3-13(4-2-12)23-18(26)11(8-22)5-10-6-14(20)17(15(21)7-10)27-9-16(24)25/h1-7H,9H2,(H,23,26)(H,24,25)/b11-5-. The number of benzene rings is 2. The molecular weight excluding hydrogens is 581 g/mol. The van der Waals surface area contributed by atoms with Gasteiger partial charge in [0.2, 0.25) is 0 Å². The molecule has 2 aromatic carbocycles. The van der Waals surface area contributed by atoms with Crippen molar-refractivity contribution in [2.24, 2.45) is 0 Å². The number of nitriles is 1. The smallest absolute Gasteiger partial charge is 0.341 e. The van der Waals surface area contributed by atoms with Gasteiger partial charge in [0.05, 0.1) is 7.14 Å². The first-order chi connectivity index (χ1) is 12.8. The van der Waals surface area contributed by atoms with Crippen LogP contribution < -0.4 is 10.1 Å². The van der Waals surface area contributed by atoms with Crippen molar-refractivity contribution in [1.29, 1.82) is 5.26 Å². The molecule has 0 atom stereocenters. The van der Waals surface area contributed by atoms with E-state index < -0.39 is 24.3 Å². The van der Waals surface area contributed by atoms with E-state index in [-0.39, 0.29) is 5.57 Å². The maximum atomic E-state index is 12.9. The molecule has 0 unspecified atom stereocenters. The number of amides is 1. The number of carbonyl (C=O) groups excluding carboxylic acids is 1. The lowest BCUT2D eigenvalue weighted by atomic mass is 10.1. The molecule has 0 heterocycles. The topological polar surface area (TPSA) is 99.4 Å². The molecule has 0 bridgehead atoms. The minimum atomic E-state index is -1.09. The molecule has 0 aromatic heterocycles. The molecule has 2 rings (SSSR count). The van der Waals surface area contributed by atoms with Crippen LogP contribution >= 0.6 is 45.2 Å². The predicted octanol–water partition coefficient (Wildman–Crippen LogP) is 4.04. The summed E-state index contributed by atoms with van der Waals surface area (Å²) in [5.41, 5.74) is 0.812. The van der Waals surface area contributed by atoms with Crippen LogP contribution in [0.1, 0.15) is 5.56 Å². The Hall–Kier alpha value is -2.20. The highest BCUT2D eigenvalue weighted by atomic mass is 127. The molecule has 0 saturated heterocycles. The van der Waals surface area contributed by atoms with Crippen LogP contribution in [-0.4, -0.2) is 23.6 Å². The quantitative estimate of drug-likeness (QED) is 0.300. The van der Waals surface area contributed by atoms with Crippen molar-refractivity contribution in [3.63, 3.8) is 0 Å². The summed E-state index contributed by atoms with van der Waals surface area (Å²) in [4.78, 5) is 22.9. The highest BCUT2D eigenvalue weighted by molar-refractivity contribution is 14.1. The minimum absolute atomic E-state index is 0.134. The van der Waals surface area contributed by atoms with Gasteiger partial charge in [-0.15, -0.1) is 0 Å². The fourth-order valence-electron chi connectivity index (χ4n) is 1.98. The van der Waals surface area contributed by atoms with Crippen LogP contribution in [0, 0.1) is 24.3 Å². The molecule has 0 radical (unpaired) electrons.